The minimum Gasteiger partial charge on any atom is -0.419 e. The molecular formula is C17H15N5OS2. The summed E-state index contributed by atoms with van der Waals surface area (Å²) in [5.41, 5.74) is 2.11. The van der Waals surface area contributed by atoms with Crippen LogP contribution in [0.25, 0.3) is 22.2 Å². The Morgan fingerprint density at radius 1 is 1.16 bits per heavy atom. The van der Waals surface area contributed by atoms with Gasteiger partial charge in [-0.15, -0.1) is 26.6 Å². The Hall–Kier alpha value is -2.45. The number of nitrogens with one attached hydrogen (secondary N) is 1. The van der Waals surface area contributed by atoms with Gasteiger partial charge in [0.2, 0.25) is 16.9 Å². The summed E-state index contributed by atoms with van der Waals surface area (Å²) in [5, 5.41) is 18.2. The normalized spacial score (nSPS) is 12.4. The van der Waals surface area contributed by atoms with E-state index in [1.165, 1.54) is 17.3 Å². The van der Waals surface area contributed by atoms with Crippen LogP contribution in [0.1, 0.15) is 23.6 Å². The van der Waals surface area contributed by atoms with Gasteiger partial charge in [-0.2, -0.15) is 0 Å². The lowest BCUT2D eigenvalue weighted by Crippen LogP contribution is -1.89. The van der Waals surface area contributed by atoms with Gasteiger partial charge in [0.1, 0.15) is 0 Å². The van der Waals surface area contributed by atoms with Gasteiger partial charge in [0.25, 0.3) is 0 Å². The van der Waals surface area contributed by atoms with E-state index < -0.39 is 0 Å². The third kappa shape index (κ3) is 3.49. The van der Waals surface area contributed by atoms with Crippen molar-refractivity contribution in [2.24, 2.45) is 0 Å². The molecular weight excluding hydrogens is 354 g/mol. The number of aromatic nitrogens is 5. The van der Waals surface area contributed by atoms with Gasteiger partial charge in [0.05, 0.1) is 10.1 Å². The number of hydrogen-bond donors (Lipinski definition) is 1. The van der Waals surface area contributed by atoms with Crippen LogP contribution < -0.4 is 0 Å². The first-order chi connectivity index (χ1) is 12.2. The van der Waals surface area contributed by atoms with Crippen molar-refractivity contribution in [3.8, 4) is 22.2 Å². The Bertz CT molecular complexity index is 959. The molecule has 0 aliphatic heterocycles. The summed E-state index contributed by atoms with van der Waals surface area (Å²) in [5.74, 6) is 1.86. The molecule has 25 heavy (non-hydrogen) atoms. The number of H-pyrrole nitrogens is 1. The van der Waals surface area contributed by atoms with Crippen molar-refractivity contribution in [2.45, 2.75) is 24.3 Å². The van der Waals surface area contributed by atoms with Gasteiger partial charge in [-0.05, 0) is 37.4 Å². The quantitative estimate of drug-likeness (QED) is 0.512. The van der Waals surface area contributed by atoms with Crippen LogP contribution in [0.2, 0.25) is 0 Å². The van der Waals surface area contributed by atoms with E-state index in [4.69, 9.17) is 4.42 Å². The molecule has 0 unspecified atom stereocenters. The molecule has 0 spiro atoms. The van der Waals surface area contributed by atoms with Crippen LogP contribution >= 0.6 is 23.1 Å². The van der Waals surface area contributed by atoms with Crippen LogP contribution in [-0.4, -0.2) is 25.4 Å². The monoisotopic (exact) mass is 369 g/mol. The first kappa shape index (κ1) is 16.0. The van der Waals surface area contributed by atoms with Crippen molar-refractivity contribution in [1.29, 1.82) is 0 Å². The predicted octanol–water partition coefficient (Wildman–Crippen LogP) is 4.74. The van der Waals surface area contributed by atoms with E-state index in [1.807, 2.05) is 55.6 Å². The minimum atomic E-state index is -0.0429. The highest BCUT2D eigenvalue weighted by Crippen LogP contribution is 2.34. The SMILES string of the molecule is Cc1ccc(-c2nnc([C@H](C)Sc3n[nH]c(-c4cccs4)n3)o2)cc1. The van der Waals surface area contributed by atoms with Crippen LogP contribution in [0.5, 0.6) is 0 Å². The topological polar surface area (TPSA) is 80.5 Å². The summed E-state index contributed by atoms with van der Waals surface area (Å²) in [6.07, 6.45) is 0. The van der Waals surface area contributed by atoms with Crippen molar-refractivity contribution in [1.82, 2.24) is 25.4 Å². The molecule has 3 heterocycles. The molecule has 0 saturated heterocycles. The van der Waals surface area contributed by atoms with Crippen molar-refractivity contribution in [2.75, 3.05) is 0 Å². The molecule has 0 bridgehead atoms. The highest BCUT2D eigenvalue weighted by Gasteiger charge is 2.19. The van der Waals surface area contributed by atoms with Gasteiger partial charge < -0.3 is 4.42 Å². The number of hydrogen-bond acceptors (Lipinski definition) is 7. The molecule has 0 radical (unpaired) electrons. The van der Waals surface area contributed by atoms with E-state index in [9.17, 15) is 0 Å². The summed E-state index contributed by atoms with van der Waals surface area (Å²) in [6, 6.07) is 12.0. The second-order valence-electron chi connectivity index (χ2n) is 5.52. The third-order valence-corrected chi connectivity index (χ3v) is 5.41. The lowest BCUT2D eigenvalue weighted by atomic mass is 10.1. The predicted molar refractivity (Wildman–Crippen MR) is 98.4 cm³/mol. The molecule has 3 aromatic heterocycles. The number of aryl methyl sites for hydroxylation is 1. The van der Waals surface area contributed by atoms with Gasteiger partial charge in [-0.25, -0.2) is 4.98 Å². The number of benzene rings is 1. The van der Waals surface area contributed by atoms with E-state index >= 15 is 0 Å². The molecule has 0 amide bonds. The number of nitrogens with zero attached hydrogens (tertiary/aromatic N) is 4. The fraction of sp³-hybridized carbons (Fsp3) is 0.176. The Morgan fingerprint density at radius 2 is 2.00 bits per heavy atom. The van der Waals surface area contributed by atoms with Crippen LogP contribution in [0.4, 0.5) is 0 Å². The minimum absolute atomic E-state index is 0.0429. The summed E-state index contributed by atoms with van der Waals surface area (Å²) >= 11 is 3.10. The number of thiophene rings is 1. The third-order valence-electron chi connectivity index (χ3n) is 3.59. The molecule has 1 atom stereocenters. The highest BCUT2D eigenvalue weighted by atomic mass is 32.2. The summed E-state index contributed by atoms with van der Waals surface area (Å²) in [7, 11) is 0. The molecule has 0 aliphatic rings. The van der Waals surface area contributed by atoms with Crippen LogP contribution in [-0.2, 0) is 0 Å². The molecule has 0 saturated carbocycles. The summed E-state index contributed by atoms with van der Waals surface area (Å²) in [6.45, 7) is 4.04. The zero-order valence-electron chi connectivity index (χ0n) is 13.6. The van der Waals surface area contributed by atoms with Gasteiger partial charge in [-0.1, -0.05) is 35.5 Å². The van der Waals surface area contributed by atoms with E-state index in [0.29, 0.717) is 16.9 Å². The molecule has 4 aromatic rings. The van der Waals surface area contributed by atoms with Crippen molar-refractivity contribution >= 4 is 23.1 Å². The van der Waals surface area contributed by atoms with Crippen LogP contribution in [0.3, 0.4) is 0 Å². The van der Waals surface area contributed by atoms with Gasteiger partial charge in [-0.3, -0.25) is 5.10 Å². The van der Waals surface area contributed by atoms with E-state index in [-0.39, 0.29) is 5.25 Å². The maximum atomic E-state index is 5.82. The Labute approximate surface area is 152 Å². The average Bonchev–Trinajstić information content (AvgIpc) is 3.36. The van der Waals surface area contributed by atoms with Crippen molar-refractivity contribution in [3.63, 3.8) is 0 Å². The van der Waals surface area contributed by atoms with Crippen LogP contribution in [0, 0.1) is 6.92 Å². The van der Waals surface area contributed by atoms with Crippen LogP contribution in [0.15, 0.2) is 51.4 Å². The molecule has 0 aliphatic carbocycles. The lowest BCUT2D eigenvalue weighted by molar-refractivity contribution is 0.509. The van der Waals surface area contributed by atoms with Crippen molar-refractivity contribution < 1.29 is 4.42 Å². The maximum Gasteiger partial charge on any atom is 0.247 e. The fourth-order valence-electron chi connectivity index (χ4n) is 2.24. The van der Waals surface area contributed by atoms with Crippen molar-refractivity contribution in [3.05, 3.63) is 53.2 Å². The summed E-state index contributed by atoms with van der Waals surface area (Å²) < 4.78 is 5.82. The molecule has 126 valence electrons. The molecule has 4 rings (SSSR count). The summed E-state index contributed by atoms with van der Waals surface area (Å²) in [4.78, 5) is 5.57. The Kier molecular flexibility index (Phi) is 4.37. The first-order valence-electron chi connectivity index (χ1n) is 7.72. The molecule has 0 fully saturated rings. The standard InChI is InChI=1S/C17H15N5OS2/c1-10-5-7-12(8-6-10)16-21-20-15(23-16)11(2)25-17-18-14(19-22-17)13-4-3-9-24-13/h3-9,11H,1-2H3,(H,18,19,22)/t11-/m0/s1. The molecule has 6 nitrogen and oxygen atoms in total. The fourth-order valence-corrected chi connectivity index (χ4v) is 3.66. The number of aromatic amines is 1. The zero-order valence-corrected chi connectivity index (χ0v) is 15.3. The van der Waals surface area contributed by atoms with E-state index in [0.717, 1.165) is 16.3 Å². The van der Waals surface area contributed by atoms with Gasteiger partial charge >= 0.3 is 0 Å². The Morgan fingerprint density at radius 3 is 2.76 bits per heavy atom. The van der Waals surface area contributed by atoms with Gasteiger partial charge in [0.15, 0.2) is 5.82 Å². The largest absolute Gasteiger partial charge is 0.419 e. The molecule has 8 heteroatoms. The smallest absolute Gasteiger partial charge is 0.247 e. The van der Waals surface area contributed by atoms with E-state index in [2.05, 4.69) is 25.4 Å². The van der Waals surface area contributed by atoms with Gasteiger partial charge in [0, 0.05) is 5.56 Å². The van der Waals surface area contributed by atoms with E-state index in [1.54, 1.807) is 11.3 Å². The zero-order chi connectivity index (χ0) is 17.2. The second kappa shape index (κ2) is 6.81. The molecule has 1 N–H and O–H groups in total. The average molecular weight is 369 g/mol. The first-order valence-corrected chi connectivity index (χ1v) is 9.48. The lowest BCUT2D eigenvalue weighted by Gasteiger charge is -2.02. The maximum absolute atomic E-state index is 5.82. The second-order valence-corrected chi connectivity index (χ2v) is 7.77. The molecule has 1 aromatic carbocycles. The number of thioether (sulfide) groups is 1. The highest BCUT2D eigenvalue weighted by molar-refractivity contribution is 7.99. The Balaban J connectivity index is 1.48. The number of rotatable bonds is 5.